The molecule has 6 heteroatoms. The Hall–Kier alpha value is -2.72. The largest absolute Gasteiger partial charge is 0.436 e. The number of piperazine rings is 1. The first-order valence-corrected chi connectivity index (χ1v) is 11.1. The molecule has 0 unspecified atom stereocenters. The number of likely N-dealkylation sites (N-methyl/N-ethyl adjacent to an activating group) is 1. The molecule has 1 aliphatic rings. The van der Waals surface area contributed by atoms with E-state index < -0.39 is 0 Å². The Bertz CT molecular complexity index is 874. The highest BCUT2D eigenvalue weighted by molar-refractivity contribution is 5.80. The maximum absolute atomic E-state index is 9.06. The Morgan fingerprint density at radius 1 is 1.23 bits per heavy atom. The monoisotopic (exact) mass is 423 g/mol. The lowest BCUT2D eigenvalue weighted by Gasteiger charge is -2.11. The quantitative estimate of drug-likeness (QED) is 0.349. The molecule has 0 amide bonds. The molecule has 0 atom stereocenters. The molecule has 2 aromatic rings. The van der Waals surface area contributed by atoms with Crippen molar-refractivity contribution in [3.8, 4) is 6.07 Å². The number of aromatic nitrogens is 1. The molecule has 2 heterocycles. The van der Waals surface area contributed by atoms with Crippen molar-refractivity contribution in [2.24, 2.45) is 0 Å². The van der Waals surface area contributed by atoms with Crippen molar-refractivity contribution < 1.29 is 4.42 Å². The number of benzene rings is 1. The van der Waals surface area contributed by atoms with Crippen LogP contribution in [0.4, 0.5) is 0 Å². The van der Waals surface area contributed by atoms with Crippen LogP contribution in [0.15, 0.2) is 47.4 Å². The van der Waals surface area contributed by atoms with Gasteiger partial charge in [-0.2, -0.15) is 5.26 Å². The summed E-state index contributed by atoms with van der Waals surface area (Å²) in [5, 5.41) is 18.7. The molecule has 31 heavy (non-hydrogen) atoms. The third-order valence-corrected chi connectivity index (χ3v) is 4.37. The maximum Gasteiger partial charge on any atom is 0.223 e. The number of rotatable bonds is 7. The van der Waals surface area contributed by atoms with E-state index in [1.165, 1.54) is 0 Å². The molecule has 1 aromatic carbocycles. The van der Waals surface area contributed by atoms with Crippen LogP contribution in [0.3, 0.4) is 0 Å². The highest BCUT2D eigenvalue weighted by Gasteiger charge is 2.12. The van der Waals surface area contributed by atoms with Crippen LogP contribution in [0, 0.1) is 18.3 Å². The van der Waals surface area contributed by atoms with E-state index in [-0.39, 0.29) is 0 Å². The molecule has 0 radical (unpaired) electrons. The minimum Gasteiger partial charge on any atom is -0.436 e. The van der Waals surface area contributed by atoms with Crippen LogP contribution in [-0.2, 0) is 0 Å². The molecule has 0 aliphatic carbocycles. The molecular weight excluding hydrogens is 386 g/mol. The minimum atomic E-state index is 0.575. The summed E-state index contributed by atoms with van der Waals surface area (Å²) in [5.74, 6) is 0.575. The van der Waals surface area contributed by atoms with Crippen molar-refractivity contribution >= 4 is 16.7 Å². The van der Waals surface area contributed by atoms with Crippen molar-refractivity contribution in [1.82, 2.24) is 20.9 Å². The second-order valence-electron chi connectivity index (χ2n) is 6.68. The Balaban J connectivity index is 0.000000508. The van der Waals surface area contributed by atoms with E-state index in [1.54, 1.807) is 12.1 Å². The molecule has 0 bridgehead atoms. The minimum absolute atomic E-state index is 0.575. The van der Waals surface area contributed by atoms with Gasteiger partial charge in [0.05, 0.1) is 11.6 Å². The summed E-state index contributed by atoms with van der Waals surface area (Å²) in [7, 11) is 0. The first-order chi connectivity index (χ1) is 15.2. The second-order valence-corrected chi connectivity index (χ2v) is 6.68. The van der Waals surface area contributed by atoms with Crippen LogP contribution in [0.1, 0.15) is 44.2 Å². The first kappa shape index (κ1) is 26.3. The highest BCUT2D eigenvalue weighted by Crippen LogP contribution is 2.26. The van der Waals surface area contributed by atoms with Gasteiger partial charge >= 0.3 is 0 Å². The van der Waals surface area contributed by atoms with E-state index in [0.717, 1.165) is 56.0 Å². The highest BCUT2D eigenvalue weighted by atomic mass is 16.3. The molecule has 1 aliphatic heterocycles. The lowest BCUT2D eigenvalue weighted by atomic mass is 10.1. The fourth-order valence-electron chi connectivity index (χ4n) is 2.90. The molecule has 0 spiro atoms. The summed E-state index contributed by atoms with van der Waals surface area (Å²) in [5.41, 5.74) is 3.91. The van der Waals surface area contributed by atoms with Gasteiger partial charge in [-0.15, -0.1) is 0 Å². The van der Waals surface area contributed by atoms with Gasteiger partial charge in [-0.25, -0.2) is 4.98 Å². The summed E-state index contributed by atoms with van der Waals surface area (Å²) < 4.78 is 5.91. The summed E-state index contributed by atoms with van der Waals surface area (Å²) in [6, 6.07) is 5.71. The zero-order valence-electron chi connectivity index (χ0n) is 19.4. The van der Waals surface area contributed by atoms with E-state index in [0.29, 0.717) is 23.4 Å². The zero-order chi connectivity index (χ0) is 22.9. The number of aryl methyl sites for hydroxylation is 1. The summed E-state index contributed by atoms with van der Waals surface area (Å²) in [6.45, 7) is 18.1. The molecular formula is C25H37N5O. The number of nitriles is 1. The molecule has 1 fully saturated rings. The van der Waals surface area contributed by atoms with Gasteiger partial charge in [-0.3, -0.25) is 0 Å². The molecule has 3 N–H and O–H groups in total. The third-order valence-electron chi connectivity index (χ3n) is 4.37. The fourth-order valence-corrected chi connectivity index (χ4v) is 2.90. The van der Waals surface area contributed by atoms with Gasteiger partial charge in [0.1, 0.15) is 5.52 Å². The Kier molecular flexibility index (Phi) is 13.6. The van der Waals surface area contributed by atoms with E-state index in [9.17, 15) is 0 Å². The van der Waals surface area contributed by atoms with E-state index in [4.69, 9.17) is 9.68 Å². The SMILES string of the molecule is C1CNCCN1.C=C/C=C(\C/C=C\CNCC)c1nc2cc(C#N)cc(C)c2o1.CC. The summed E-state index contributed by atoms with van der Waals surface area (Å²) in [6.07, 6.45) is 8.52. The fraction of sp³-hybridized carbons (Fsp3) is 0.440. The van der Waals surface area contributed by atoms with E-state index >= 15 is 0 Å². The summed E-state index contributed by atoms with van der Waals surface area (Å²) >= 11 is 0. The van der Waals surface area contributed by atoms with Gasteiger partial charge in [-0.05, 0) is 37.6 Å². The number of allylic oxidation sites excluding steroid dienone is 4. The van der Waals surface area contributed by atoms with Gasteiger partial charge in [-0.1, -0.05) is 51.7 Å². The Morgan fingerprint density at radius 2 is 1.90 bits per heavy atom. The topological polar surface area (TPSA) is 85.9 Å². The Labute approximate surface area is 187 Å². The van der Waals surface area contributed by atoms with E-state index in [2.05, 4.69) is 52.7 Å². The first-order valence-electron chi connectivity index (χ1n) is 11.1. The van der Waals surface area contributed by atoms with Crippen LogP contribution in [-0.4, -0.2) is 44.3 Å². The van der Waals surface area contributed by atoms with Gasteiger partial charge in [0.15, 0.2) is 5.58 Å². The van der Waals surface area contributed by atoms with Crippen LogP contribution in [0.5, 0.6) is 0 Å². The number of hydrogen-bond donors (Lipinski definition) is 3. The number of hydrogen-bond acceptors (Lipinski definition) is 6. The molecule has 3 rings (SSSR count). The predicted molar refractivity (Wildman–Crippen MR) is 131 cm³/mol. The standard InChI is InChI=1S/C19H21N3O.C4H10N2.C2H6/c1-4-8-16(9-6-7-10-21-5-2)19-22-17-12-15(13-20)11-14(3)18(17)23-19;1-2-6-4-3-5-1;1-2/h4,6-8,11-12,21H,1,5,9-10H2,2-3H3;5-6H,1-4H2;1-2H3/b7-6-,16-8+;;. The van der Waals surface area contributed by atoms with Gasteiger partial charge in [0.2, 0.25) is 5.89 Å². The predicted octanol–water partition coefficient (Wildman–Crippen LogP) is 4.34. The average molecular weight is 424 g/mol. The van der Waals surface area contributed by atoms with Crippen molar-refractivity contribution in [3.05, 3.63) is 60.0 Å². The van der Waals surface area contributed by atoms with Crippen molar-refractivity contribution in [1.29, 1.82) is 5.26 Å². The van der Waals surface area contributed by atoms with Crippen LogP contribution < -0.4 is 16.0 Å². The third kappa shape index (κ3) is 9.31. The average Bonchev–Trinajstić information content (AvgIpc) is 3.26. The van der Waals surface area contributed by atoms with Crippen LogP contribution in [0.25, 0.3) is 16.7 Å². The van der Waals surface area contributed by atoms with Crippen molar-refractivity contribution in [2.75, 3.05) is 39.3 Å². The van der Waals surface area contributed by atoms with Gasteiger partial charge in [0, 0.05) is 38.3 Å². The van der Waals surface area contributed by atoms with Crippen molar-refractivity contribution in [2.45, 2.75) is 34.1 Å². The van der Waals surface area contributed by atoms with Crippen molar-refractivity contribution in [3.63, 3.8) is 0 Å². The normalized spacial score (nSPS) is 13.7. The smallest absolute Gasteiger partial charge is 0.223 e. The maximum atomic E-state index is 9.06. The lowest BCUT2D eigenvalue weighted by molar-refractivity contribution is 0.534. The number of oxazole rings is 1. The number of nitrogens with one attached hydrogen (secondary N) is 3. The lowest BCUT2D eigenvalue weighted by Crippen LogP contribution is -2.39. The molecule has 0 saturated carbocycles. The second kappa shape index (κ2) is 16.0. The summed E-state index contributed by atoms with van der Waals surface area (Å²) in [4.78, 5) is 4.53. The van der Waals surface area contributed by atoms with Gasteiger partial charge in [0.25, 0.3) is 0 Å². The number of nitrogens with zero attached hydrogens (tertiary/aromatic N) is 2. The number of fused-ring (bicyclic) bond motifs is 1. The Morgan fingerprint density at radius 3 is 2.45 bits per heavy atom. The molecule has 168 valence electrons. The molecule has 1 aromatic heterocycles. The molecule has 6 nitrogen and oxygen atoms in total. The van der Waals surface area contributed by atoms with Gasteiger partial charge < -0.3 is 20.4 Å². The molecule has 1 saturated heterocycles. The van der Waals surface area contributed by atoms with Crippen LogP contribution >= 0.6 is 0 Å². The zero-order valence-corrected chi connectivity index (χ0v) is 19.4. The van der Waals surface area contributed by atoms with Crippen LogP contribution in [0.2, 0.25) is 0 Å². The van der Waals surface area contributed by atoms with E-state index in [1.807, 2.05) is 32.9 Å².